The van der Waals surface area contributed by atoms with Crippen LogP contribution in [0.4, 0.5) is 0 Å². The van der Waals surface area contributed by atoms with Crippen LogP contribution in [0.15, 0.2) is 53.5 Å². The Labute approximate surface area is 157 Å². The Hall–Kier alpha value is -2.82. The third kappa shape index (κ3) is 2.69. The first-order chi connectivity index (χ1) is 13.1. The number of rotatable bonds is 2. The van der Waals surface area contributed by atoms with Gasteiger partial charge in [0.15, 0.2) is 0 Å². The van der Waals surface area contributed by atoms with E-state index in [0.29, 0.717) is 18.9 Å². The monoisotopic (exact) mass is 361 g/mol. The molecule has 0 spiro atoms. The van der Waals surface area contributed by atoms with Crippen LogP contribution in [0.1, 0.15) is 23.6 Å². The van der Waals surface area contributed by atoms with Crippen molar-refractivity contribution >= 4 is 16.8 Å². The van der Waals surface area contributed by atoms with Gasteiger partial charge in [-0.25, -0.2) is 0 Å². The molecule has 1 saturated heterocycles. The Morgan fingerprint density at radius 1 is 1.07 bits per heavy atom. The summed E-state index contributed by atoms with van der Waals surface area (Å²) in [5, 5.41) is 1.16. The van der Waals surface area contributed by atoms with Gasteiger partial charge in [0.05, 0.1) is 6.42 Å². The number of carbonyl (C=O) groups is 1. The highest BCUT2D eigenvalue weighted by molar-refractivity contribution is 5.89. The third-order valence-corrected chi connectivity index (χ3v) is 6.15. The van der Waals surface area contributed by atoms with Crippen molar-refractivity contribution in [3.8, 4) is 0 Å². The van der Waals surface area contributed by atoms with Crippen molar-refractivity contribution in [3.05, 3.63) is 70.3 Å². The summed E-state index contributed by atoms with van der Waals surface area (Å²) in [6.45, 7) is 2.19. The SMILES string of the molecule is Cn1cc(CC(=O)N2CC3CC(C2)c2cccc(=O)n2C3)c2ccccc21. The van der Waals surface area contributed by atoms with Gasteiger partial charge in [-0.05, 0) is 30.0 Å². The number of carbonyl (C=O) groups excluding carboxylic acids is 1. The van der Waals surface area contributed by atoms with Crippen LogP contribution in [0.5, 0.6) is 0 Å². The summed E-state index contributed by atoms with van der Waals surface area (Å²) < 4.78 is 4.00. The molecule has 1 aromatic carbocycles. The van der Waals surface area contributed by atoms with Crippen molar-refractivity contribution in [1.29, 1.82) is 0 Å². The van der Waals surface area contributed by atoms with E-state index in [9.17, 15) is 9.59 Å². The Balaban J connectivity index is 1.40. The third-order valence-electron chi connectivity index (χ3n) is 6.15. The first-order valence-corrected chi connectivity index (χ1v) is 9.60. The zero-order valence-electron chi connectivity index (χ0n) is 15.5. The molecule has 3 aromatic rings. The molecule has 2 bridgehead atoms. The van der Waals surface area contributed by atoms with Crippen LogP contribution in [-0.4, -0.2) is 33.0 Å². The minimum absolute atomic E-state index is 0.0812. The second-order valence-electron chi connectivity index (χ2n) is 7.96. The van der Waals surface area contributed by atoms with Gasteiger partial charge in [0.1, 0.15) is 0 Å². The minimum atomic E-state index is 0.0812. The number of hydrogen-bond donors (Lipinski definition) is 0. The molecule has 1 amide bonds. The lowest BCUT2D eigenvalue weighted by atomic mass is 9.83. The highest BCUT2D eigenvalue weighted by Gasteiger charge is 2.36. The summed E-state index contributed by atoms with van der Waals surface area (Å²) in [4.78, 5) is 27.3. The quantitative estimate of drug-likeness (QED) is 0.704. The summed E-state index contributed by atoms with van der Waals surface area (Å²) in [5.74, 6) is 0.823. The lowest BCUT2D eigenvalue weighted by molar-refractivity contribution is -0.133. The lowest BCUT2D eigenvalue weighted by Crippen LogP contribution is -2.49. The molecule has 138 valence electrons. The molecule has 2 unspecified atom stereocenters. The average Bonchev–Trinajstić information content (AvgIpc) is 2.98. The van der Waals surface area contributed by atoms with E-state index >= 15 is 0 Å². The molecule has 2 atom stereocenters. The number of piperidine rings is 1. The van der Waals surface area contributed by atoms with E-state index in [2.05, 4.69) is 22.9 Å². The maximum absolute atomic E-state index is 13.1. The van der Waals surface area contributed by atoms with Gasteiger partial charge in [-0.2, -0.15) is 0 Å². The predicted octanol–water partition coefficient (Wildman–Crippen LogP) is 2.53. The number of aromatic nitrogens is 2. The van der Waals surface area contributed by atoms with Gasteiger partial charge in [0, 0.05) is 61.5 Å². The first-order valence-electron chi connectivity index (χ1n) is 9.60. The van der Waals surface area contributed by atoms with Gasteiger partial charge < -0.3 is 14.0 Å². The zero-order valence-corrected chi connectivity index (χ0v) is 15.5. The molecular weight excluding hydrogens is 338 g/mol. The van der Waals surface area contributed by atoms with Crippen molar-refractivity contribution in [2.24, 2.45) is 13.0 Å². The van der Waals surface area contributed by atoms with Gasteiger partial charge >= 0.3 is 0 Å². The van der Waals surface area contributed by atoms with Gasteiger partial charge in [-0.1, -0.05) is 24.3 Å². The second kappa shape index (κ2) is 6.12. The fourth-order valence-corrected chi connectivity index (χ4v) is 4.94. The maximum atomic E-state index is 13.1. The number of fused-ring (bicyclic) bond motifs is 5. The van der Waals surface area contributed by atoms with E-state index in [1.54, 1.807) is 6.07 Å². The average molecular weight is 361 g/mol. The molecule has 2 aromatic heterocycles. The van der Waals surface area contributed by atoms with Crippen LogP contribution in [0.25, 0.3) is 10.9 Å². The smallest absolute Gasteiger partial charge is 0.250 e. The summed E-state index contributed by atoms with van der Waals surface area (Å²) in [6, 6.07) is 13.7. The summed E-state index contributed by atoms with van der Waals surface area (Å²) >= 11 is 0. The number of pyridine rings is 1. The van der Waals surface area contributed by atoms with Gasteiger partial charge in [-0.15, -0.1) is 0 Å². The Morgan fingerprint density at radius 3 is 2.81 bits per heavy atom. The Morgan fingerprint density at radius 2 is 1.93 bits per heavy atom. The van der Waals surface area contributed by atoms with Gasteiger partial charge in [0.2, 0.25) is 5.91 Å². The first kappa shape index (κ1) is 16.4. The number of nitrogens with zero attached hydrogens (tertiary/aromatic N) is 3. The molecule has 2 aliphatic heterocycles. The van der Waals surface area contributed by atoms with Crippen molar-refractivity contribution < 1.29 is 4.79 Å². The number of amides is 1. The van der Waals surface area contributed by atoms with Crippen LogP contribution in [0.2, 0.25) is 0 Å². The van der Waals surface area contributed by atoms with Gasteiger partial charge in [0.25, 0.3) is 5.56 Å². The lowest BCUT2D eigenvalue weighted by Gasteiger charge is -2.42. The molecule has 5 heteroatoms. The molecule has 5 nitrogen and oxygen atoms in total. The largest absolute Gasteiger partial charge is 0.350 e. The molecule has 0 radical (unpaired) electrons. The molecule has 27 heavy (non-hydrogen) atoms. The number of likely N-dealkylation sites (tertiary alicyclic amines) is 1. The van der Waals surface area contributed by atoms with Crippen molar-refractivity contribution in [3.63, 3.8) is 0 Å². The van der Waals surface area contributed by atoms with E-state index in [-0.39, 0.29) is 17.4 Å². The highest BCUT2D eigenvalue weighted by Crippen LogP contribution is 2.35. The molecule has 1 fully saturated rings. The number of hydrogen-bond acceptors (Lipinski definition) is 2. The molecule has 0 saturated carbocycles. The molecule has 0 aliphatic carbocycles. The fourth-order valence-electron chi connectivity index (χ4n) is 4.94. The minimum Gasteiger partial charge on any atom is -0.350 e. The molecule has 5 rings (SSSR count). The van der Waals surface area contributed by atoms with Crippen molar-refractivity contribution in [2.45, 2.75) is 25.3 Å². The Kier molecular flexibility index (Phi) is 3.71. The van der Waals surface area contributed by atoms with Crippen LogP contribution >= 0.6 is 0 Å². The molecule has 2 aliphatic rings. The van der Waals surface area contributed by atoms with Crippen LogP contribution in [0, 0.1) is 5.92 Å². The molecular formula is C22H23N3O2. The summed E-state index contributed by atoms with van der Waals surface area (Å²) in [5.41, 5.74) is 3.41. The van der Waals surface area contributed by atoms with Crippen LogP contribution in [-0.2, 0) is 24.8 Å². The van der Waals surface area contributed by atoms with Crippen LogP contribution in [0.3, 0.4) is 0 Å². The Bertz CT molecular complexity index is 1090. The van der Waals surface area contributed by atoms with Crippen LogP contribution < -0.4 is 5.56 Å². The molecule has 0 N–H and O–H groups in total. The van der Waals surface area contributed by atoms with E-state index in [1.165, 1.54) is 0 Å². The second-order valence-corrected chi connectivity index (χ2v) is 7.96. The normalized spacial score (nSPS) is 21.3. The van der Waals surface area contributed by atoms with E-state index in [0.717, 1.165) is 41.7 Å². The van der Waals surface area contributed by atoms with Crippen molar-refractivity contribution in [1.82, 2.24) is 14.0 Å². The number of para-hydroxylation sites is 1. The standard InChI is InChI=1S/C22H23N3O2/c1-23-13-16(18-5-2-3-6-20(18)23)10-22(27)24-11-15-9-17(14-24)19-7-4-8-21(26)25(19)12-15/h2-8,13,15,17H,9-12,14H2,1H3. The fraction of sp³-hybridized carbons (Fsp3) is 0.364. The van der Waals surface area contributed by atoms with Crippen molar-refractivity contribution in [2.75, 3.05) is 13.1 Å². The van der Waals surface area contributed by atoms with E-state index in [1.807, 2.05) is 40.8 Å². The maximum Gasteiger partial charge on any atom is 0.250 e. The van der Waals surface area contributed by atoms with E-state index in [4.69, 9.17) is 0 Å². The number of aryl methyl sites for hydroxylation is 1. The molecule has 4 heterocycles. The van der Waals surface area contributed by atoms with E-state index < -0.39 is 0 Å². The summed E-state index contributed by atoms with van der Waals surface area (Å²) in [7, 11) is 2.02. The highest BCUT2D eigenvalue weighted by atomic mass is 16.2. The predicted molar refractivity (Wildman–Crippen MR) is 105 cm³/mol. The summed E-state index contributed by atoms with van der Waals surface area (Å²) in [6.07, 6.45) is 3.58. The zero-order chi connectivity index (χ0) is 18.5. The number of benzene rings is 1. The topological polar surface area (TPSA) is 47.2 Å². The van der Waals surface area contributed by atoms with Gasteiger partial charge in [-0.3, -0.25) is 9.59 Å².